The van der Waals surface area contributed by atoms with Crippen molar-refractivity contribution in [2.75, 3.05) is 0 Å². The maximum absolute atomic E-state index is 5.29. The quantitative estimate of drug-likeness (QED) is 0.175. The SMILES string of the molecule is c1ccc(-c2nc(-c3cccc4sc5cc(-c6nc(-c7ccccc7)c7sc8ccccc8c7n6)ccc5c34)nc(-n3c4ccccc4c4ccccc43)n2)cc1. The van der Waals surface area contributed by atoms with Crippen LogP contribution in [-0.2, 0) is 0 Å². The Morgan fingerprint density at radius 1 is 0.386 bits per heavy atom. The lowest BCUT2D eigenvalue weighted by Crippen LogP contribution is -2.06. The second kappa shape index (κ2) is 12.7. The second-order valence-corrected chi connectivity index (χ2v) is 16.2. The summed E-state index contributed by atoms with van der Waals surface area (Å²) in [6, 6.07) is 59.0. The molecule has 12 rings (SSSR count). The van der Waals surface area contributed by atoms with Gasteiger partial charge in [-0.3, -0.25) is 4.57 Å². The molecule has 0 bridgehead atoms. The van der Waals surface area contributed by atoms with Gasteiger partial charge < -0.3 is 0 Å². The van der Waals surface area contributed by atoms with Crippen molar-refractivity contribution in [3.8, 4) is 51.4 Å². The summed E-state index contributed by atoms with van der Waals surface area (Å²) in [6.45, 7) is 0. The van der Waals surface area contributed by atoms with E-state index in [1.807, 2.05) is 24.3 Å². The van der Waals surface area contributed by atoms with E-state index in [9.17, 15) is 0 Å². The van der Waals surface area contributed by atoms with Gasteiger partial charge in [0.25, 0.3) is 0 Å². The molecule has 12 aromatic rings. The van der Waals surface area contributed by atoms with Gasteiger partial charge in [-0.25, -0.2) is 15.0 Å². The predicted molar refractivity (Wildman–Crippen MR) is 237 cm³/mol. The van der Waals surface area contributed by atoms with E-state index >= 15 is 0 Å². The largest absolute Gasteiger partial charge is 0.278 e. The minimum Gasteiger partial charge on any atom is -0.278 e. The minimum absolute atomic E-state index is 0.581. The van der Waals surface area contributed by atoms with Crippen molar-refractivity contribution in [3.05, 3.63) is 170 Å². The molecule has 0 amide bonds. The molecule has 0 N–H and O–H groups in total. The van der Waals surface area contributed by atoms with Crippen molar-refractivity contribution in [1.29, 1.82) is 0 Å². The van der Waals surface area contributed by atoms with Crippen LogP contribution in [0.25, 0.3) is 114 Å². The van der Waals surface area contributed by atoms with Gasteiger partial charge in [0.15, 0.2) is 17.5 Å². The van der Waals surface area contributed by atoms with E-state index in [1.54, 1.807) is 22.7 Å². The summed E-state index contributed by atoms with van der Waals surface area (Å²) in [7, 11) is 0. The molecule has 266 valence electrons. The molecule has 0 aliphatic rings. The molecular formula is C49H28N6S2. The zero-order chi connectivity index (χ0) is 37.5. The molecule has 7 aromatic carbocycles. The van der Waals surface area contributed by atoms with Gasteiger partial charge in [-0.1, -0.05) is 140 Å². The normalized spacial score (nSPS) is 11.9. The van der Waals surface area contributed by atoms with Crippen LogP contribution < -0.4 is 0 Å². The first-order valence-corrected chi connectivity index (χ1v) is 20.4. The third kappa shape index (κ3) is 5.12. The lowest BCUT2D eigenvalue weighted by Gasteiger charge is -2.11. The fraction of sp³-hybridized carbons (Fsp3) is 0. The number of aromatic nitrogens is 6. The summed E-state index contributed by atoms with van der Waals surface area (Å²) in [4.78, 5) is 26.1. The van der Waals surface area contributed by atoms with Crippen LogP contribution in [0.1, 0.15) is 0 Å². The van der Waals surface area contributed by atoms with Crippen molar-refractivity contribution in [2.24, 2.45) is 0 Å². The number of para-hydroxylation sites is 2. The van der Waals surface area contributed by atoms with Crippen LogP contribution in [-0.4, -0.2) is 29.5 Å². The van der Waals surface area contributed by atoms with Gasteiger partial charge in [-0.05, 0) is 30.3 Å². The van der Waals surface area contributed by atoms with E-state index in [1.165, 1.54) is 4.70 Å². The number of hydrogen-bond donors (Lipinski definition) is 0. The molecule has 0 fully saturated rings. The Hall–Kier alpha value is -7.13. The van der Waals surface area contributed by atoms with E-state index in [-0.39, 0.29) is 0 Å². The van der Waals surface area contributed by atoms with E-state index < -0.39 is 0 Å². The fourth-order valence-electron chi connectivity index (χ4n) is 8.10. The highest BCUT2D eigenvalue weighted by molar-refractivity contribution is 7.26. The van der Waals surface area contributed by atoms with Crippen LogP contribution in [0.5, 0.6) is 0 Å². The van der Waals surface area contributed by atoms with Crippen LogP contribution in [0.15, 0.2) is 170 Å². The summed E-state index contributed by atoms with van der Waals surface area (Å²) in [5.74, 6) is 2.54. The molecule has 0 spiro atoms. The predicted octanol–water partition coefficient (Wildman–Crippen LogP) is 13.2. The van der Waals surface area contributed by atoms with Crippen molar-refractivity contribution in [2.45, 2.75) is 0 Å². The topological polar surface area (TPSA) is 69.4 Å². The third-order valence-corrected chi connectivity index (χ3v) is 13.0. The van der Waals surface area contributed by atoms with Crippen LogP contribution in [0.4, 0.5) is 0 Å². The highest BCUT2D eigenvalue weighted by Crippen LogP contribution is 2.43. The van der Waals surface area contributed by atoms with Gasteiger partial charge >= 0.3 is 0 Å². The number of rotatable bonds is 5. The minimum atomic E-state index is 0.581. The first-order chi connectivity index (χ1) is 28.2. The molecule has 0 aliphatic carbocycles. The summed E-state index contributed by atoms with van der Waals surface area (Å²) >= 11 is 3.52. The second-order valence-electron chi connectivity index (χ2n) is 14.0. The standard InChI is InChI=1S/C49H28N6S2/c1-3-14-29(15-4-1)43-45-44(35-20-9-12-24-39(35)57-45)51-47(50-43)31-26-27-34-41(28-31)56-40-25-13-21-36(42(34)40)48-52-46(30-16-5-2-6-17-30)53-49(54-48)55-37-22-10-7-18-32(37)33-19-8-11-23-38(33)55/h1-28H. The zero-order valence-electron chi connectivity index (χ0n) is 30.2. The average Bonchev–Trinajstić information content (AvgIpc) is 3.96. The molecule has 0 saturated carbocycles. The average molecular weight is 765 g/mol. The van der Waals surface area contributed by atoms with Crippen molar-refractivity contribution >= 4 is 85.0 Å². The molecule has 0 aliphatic heterocycles. The summed E-state index contributed by atoms with van der Waals surface area (Å²) in [5, 5.41) is 5.72. The van der Waals surface area contributed by atoms with Crippen molar-refractivity contribution < 1.29 is 0 Å². The highest BCUT2D eigenvalue weighted by Gasteiger charge is 2.21. The van der Waals surface area contributed by atoms with Gasteiger partial charge in [0.2, 0.25) is 5.95 Å². The van der Waals surface area contributed by atoms with Crippen LogP contribution in [0.3, 0.4) is 0 Å². The molecule has 5 aromatic heterocycles. The molecular weight excluding hydrogens is 737 g/mol. The van der Waals surface area contributed by atoms with Gasteiger partial charge in [0, 0.05) is 63.3 Å². The van der Waals surface area contributed by atoms with Crippen LogP contribution in [0, 0.1) is 0 Å². The lowest BCUT2D eigenvalue weighted by molar-refractivity contribution is 0.954. The maximum Gasteiger partial charge on any atom is 0.238 e. The summed E-state index contributed by atoms with van der Waals surface area (Å²) in [5.41, 5.74) is 7.99. The van der Waals surface area contributed by atoms with Crippen LogP contribution >= 0.6 is 22.7 Å². The Bertz CT molecular complexity index is 3480. The number of nitrogens with zero attached hydrogens (tertiary/aromatic N) is 6. The Morgan fingerprint density at radius 2 is 1.02 bits per heavy atom. The smallest absolute Gasteiger partial charge is 0.238 e. The van der Waals surface area contributed by atoms with Crippen LogP contribution in [0.2, 0.25) is 0 Å². The maximum atomic E-state index is 5.29. The van der Waals surface area contributed by atoms with Crippen molar-refractivity contribution in [3.63, 3.8) is 0 Å². The van der Waals surface area contributed by atoms with E-state index in [0.29, 0.717) is 23.4 Å². The number of hydrogen-bond acceptors (Lipinski definition) is 7. The third-order valence-electron chi connectivity index (χ3n) is 10.7. The van der Waals surface area contributed by atoms with E-state index in [4.69, 9.17) is 24.9 Å². The molecule has 5 heterocycles. The number of fused-ring (bicyclic) bond motifs is 9. The lowest BCUT2D eigenvalue weighted by atomic mass is 10.0. The summed E-state index contributed by atoms with van der Waals surface area (Å²) < 4.78 is 6.78. The summed E-state index contributed by atoms with van der Waals surface area (Å²) in [6.07, 6.45) is 0. The molecule has 0 saturated heterocycles. The zero-order valence-corrected chi connectivity index (χ0v) is 31.8. The van der Waals surface area contributed by atoms with Gasteiger partial charge in [-0.2, -0.15) is 9.97 Å². The Balaban J connectivity index is 1.06. The Morgan fingerprint density at radius 3 is 1.79 bits per heavy atom. The monoisotopic (exact) mass is 764 g/mol. The molecule has 57 heavy (non-hydrogen) atoms. The number of benzene rings is 7. The molecule has 6 nitrogen and oxygen atoms in total. The van der Waals surface area contributed by atoms with E-state index in [0.717, 1.165) is 85.5 Å². The van der Waals surface area contributed by atoms with Gasteiger partial charge in [0.05, 0.1) is 26.9 Å². The molecule has 8 heteroatoms. The number of thiophene rings is 2. The highest BCUT2D eigenvalue weighted by atomic mass is 32.1. The Kier molecular flexibility index (Phi) is 7.17. The first kappa shape index (κ1) is 32.1. The van der Waals surface area contributed by atoms with Gasteiger partial charge in [0.1, 0.15) is 0 Å². The fourth-order valence-corrected chi connectivity index (χ4v) is 10.4. The molecule has 0 atom stereocenters. The Labute approximate surface area is 334 Å². The first-order valence-electron chi connectivity index (χ1n) is 18.8. The molecule has 0 radical (unpaired) electrons. The van der Waals surface area contributed by atoms with Gasteiger partial charge in [-0.15, -0.1) is 22.7 Å². The molecule has 0 unspecified atom stereocenters. The van der Waals surface area contributed by atoms with Crippen molar-refractivity contribution in [1.82, 2.24) is 29.5 Å². The van der Waals surface area contributed by atoms with E-state index in [2.05, 4.69) is 150 Å².